The van der Waals surface area contributed by atoms with E-state index in [0.29, 0.717) is 5.92 Å². The quantitative estimate of drug-likeness (QED) is 0.654. The molecule has 0 unspecified atom stereocenters. The number of rotatable bonds is 1. The highest BCUT2D eigenvalue weighted by atomic mass is 15.2. The molecular formula is C19H35N5. The number of hydrogen-bond donors (Lipinski definition) is 0. The number of aryl methyl sites for hydroxylation is 4. The highest BCUT2D eigenvalue weighted by Crippen LogP contribution is 2.08. The van der Waals surface area contributed by atoms with E-state index in [1.54, 1.807) is 4.68 Å². The van der Waals surface area contributed by atoms with Crippen molar-refractivity contribution in [1.82, 2.24) is 24.1 Å². The molecule has 0 saturated carbocycles. The number of aromatic nitrogens is 5. The van der Waals surface area contributed by atoms with Gasteiger partial charge in [0.2, 0.25) is 0 Å². The molecule has 3 aromatic rings. The van der Waals surface area contributed by atoms with Gasteiger partial charge in [-0.05, 0) is 37.1 Å². The van der Waals surface area contributed by atoms with Crippen molar-refractivity contribution in [3.63, 3.8) is 0 Å². The molecule has 136 valence electrons. The Bertz CT molecular complexity index is 616. The molecule has 5 nitrogen and oxygen atoms in total. The van der Waals surface area contributed by atoms with Crippen LogP contribution in [0.1, 0.15) is 46.0 Å². The Balaban J connectivity index is 0. The van der Waals surface area contributed by atoms with Crippen LogP contribution in [0.15, 0.2) is 49.1 Å². The molecule has 0 N–H and O–H groups in total. The maximum absolute atomic E-state index is 4.23. The lowest BCUT2D eigenvalue weighted by Gasteiger charge is -1.95. The monoisotopic (exact) mass is 333 g/mol. The average Bonchev–Trinajstić information content (AvgIpc) is 3.16. The van der Waals surface area contributed by atoms with E-state index in [2.05, 4.69) is 24.0 Å². The van der Waals surface area contributed by atoms with Crippen LogP contribution in [-0.4, -0.2) is 24.1 Å². The first kappa shape index (κ1) is 24.0. The molecule has 0 aromatic carbocycles. The van der Waals surface area contributed by atoms with Crippen molar-refractivity contribution in [2.24, 2.45) is 21.1 Å². The van der Waals surface area contributed by atoms with Crippen LogP contribution in [0.25, 0.3) is 0 Å². The number of nitrogens with zero attached hydrogens (tertiary/aromatic N) is 5. The molecule has 24 heavy (non-hydrogen) atoms. The third kappa shape index (κ3) is 9.66. The summed E-state index contributed by atoms with van der Waals surface area (Å²) in [6.45, 7) is 6.25. The van der Waals surface area contributed by atoms with Crippen molar-refractivity contribution in [1.29, 1.82) is 0 Å². The van der Waals surface area contributed by atoms with Crippen LogP contribution in [0, 0.1) is 6.92 Å². The van der Waals surface area contributed by atoms with Gasteiger partial charge in [-0.3, -0.25) is 9.36 Å². The molecule has 0 aliphatic rings. The minimum atomic E-state index is 0. The Morgan fingerprint density at radius 1 is 0.792 bits per heavy atom. The van der Waals surface area contributed by atoms with Crippen LogP contribution < -0.4 is 0 Å². The zero-order valence-corrected chi connectivity index (χ0v) is 14.4. The Labute approximate surface area is 147 Å². The van der Waals surface area contributed by atoms with Crippen molar-refractivity contribution >= 4 is 0 Å². The van der Waals surface area contributed by atoms with E-state index < -0.39 is 0 Å². The molecule has 0 aliphatic carbocycles. The largest absolute Gasteiger partial charge is 0.357 e. The summed E-state index contributed by atoms with van der Waals surface area (Å²) in [6, 6.07) is 8.02. The van der Waals surface area contributed by atoms with E-state index in [1.165, 1.54) is 0 Å². The van der Waals surface area contributed by atoms with Gasteiger partial charge in [0.25, 0.3) is 0 Å². The third-order valence-corrected chi connectivity index (χ3v) is 2.93. The van der Waals surface area contributed by atoms with E-state index in [0.717, 1.165) is 11.4 Å². The zero-order valence-electron chi connectivity index (χ0n) is 14.4. The lowest BCUT2D eigenvalue weighted by Crippen LogP contribution is -1.92. The molecule has 0 bridgehead atoms. The van der Waals surface area contributed by atoms with Crippen molar-refractivity contribution in [3.05, 3.63) is 60.4 Å². The van der Waals surface area contributed by atoms with Gasteiger partial charge in [-0.25, -0.2) is 0 Å². The molecule has 0 spiro atoms. The average molecular weight is 334 g/mol. The molecule has 0 radical (unpaired) electrons. The van der Waals surface area contributed by atoms with Gasteiger partial charge in [0.1, 0.15) is 0 Å². The first-order valence-electron chi connectivity index (χ1n) is 7.41. The topological polar surface area (TPSA) is 40.6 Å². The van der Waals surface area contributed by atoms with Gasteiger partial charge in [0, 0.05) is 45.9 Å². The van der Waals surface area contributed by atoms with Crippen molar-refractivity contribution in [2.75, 3.05) is 0 Å². The van der Waals surface area contributed by atoms with Crippen molar-refractivity contribution < 1.29 is 0 Å². The fourth-order valence-electron chi connectivity index (χ4n) is 1.69. The normalized spacial score (nSPS) is 8.96. The molecule has 3 heterocycles. The minimum absolute atomic E-state index is 0. The second kappa shape index (κ2) is 12.2. The van der Waals surface area contributed by atoms with Gasteiger partial charge in [0.15, 0.2) is 0 Å². The highest BCUT2D eigenvalue weighted by Gasteiger charge is 1.99. The van der Waals surface area contributed by atoms with Crippen LogP contribution >= 0.6 is 0 Å². The highest BCUT2D eigenvalue weighted by molar-refractivity contribution is 5.03. The van der Waals surface area contributed by atoms with E-state index in [4.69, 9.17) is 0 Å². The molecule has 0 aliphatic heterocycles. The fourth-order valence-corrected chi connectivity index (χ4v) is 1.69. The first-order valence-corrected chi connectivity index (χ1v) is 7.41. The molecule has 0 fully saturated rings. The molecule has 0 atom stereocenters. The summed E-state index contributed by atoms with van der Waals surface area (Å²) in [5.74, 6) is 0.547. The Morgan fingerprint density at radius 3 is 1.46 bits per heavy atom. The maximum atomic E-state index is 4.23. The predicted molar refractivity (Wildman–Crippen MR) is 104 cm³/mol. The van der Waals surface area contributed by atoms with E-state index in [-0.39, 0.29) is 14.9 Å². The maximum Gasteiger partial charge on any atom is 0.0649 e. The Morgan fingerprint density at radius 2 is 1.29 bits per heavy atom. The lowest BCUT2D eigenvalue weighted by molar-refractivity contribution is 0.713. The molecule has 3 aromatic heterocycles. The minimum Gasteiger partial charge on any atom is -0.357 e. The van der Waals surface area contributed by atoms with E-state index >= 15 is 0 Å². The molecule has 0 saturated heterocycles. The summed E-state index contributed by atoms with van der Waals surface area (Å²) >= 11 is 0. The standard InChI is InChI=1S/C7H12N2.C5H8N2.C5H7N.2CH4/c1-6(2)7-4-5-9(3)8-7;1-5-3-4-7(2)6-5;1-6-4-2-3-5-6;;/h4-6H,1-3H3;3-4H,1-2H3;2-5H,1H3;2*1H4. The summed E-state index contributed by atoms with van der Waals surface area (Å²) in [5, 5.41) is 8.25. The molecule has 3 rings (SSSR count). The summed E-state index contributed by atoms with van der Waals surface area (Å²) in [5.41, 5.74) is 2.24. The van der Waals surface area contributed by atoms with Gasteiger partial charge < -0.3 is 4.57 Å². The van der Waals surface area contributed by atoms with Crippen LogP contribution in [0.4, 0.5) is 0 Å². The van der Waals surface area contributed by atoms with Crippen molar-refractivity contribution in [2.45, 2.75) is 41.5 Å². The van der Waals surface area contributed by atoms with Crippen LogP contribution in [0.5, 0.6) is 0 Å². The summed E-state index contributed by atoms with van der Waals surface area (Å²) in [7, 11) is 5.85. The molecule has 0 amide bonds. The Kier molecular flexibility index (Phi) is 12.1. The van der Waals surface area contributed by atoms with Gasteiger partial charge in [-0.15, -0.1) is 0 Å². The fraction of sp³-hybridized carbons (Fsp3) is 0.474. The SMILES string of the molecule is C.C.CC(C)c1ccn(C)n1.Cc1ccn(C)n1.Cn1cccc1. The van der Waals surface area contributed by atoms with Gasteiger partial charge in [0.05, 0.1) is 11.4 Å². The Hall–Kier alpha value is -2.30. The van der Waals surface area contributed by atoms with Gasteiger partial charge in [-0.1, -0.05) is 28.7 Å². The van der Waals surface area contributed by atoms with E-state index in [9.17, 15) is 0 Å². The van der Waals surface area contributed by atoms with Crippen molar-refractivity contribution in [3.8, 4) is 0 Å². The van der Waals surface area contributed by atoms with E-state index in [1.807, 2.05) is 86.4 Å². The molecular weight excluding hydrogens is 298 g/mol. The zero-order chi connectivity index (χ0) is 16.5. The third-order valence-electron chi connectivity index (χ3n) is 2.93. The van der Waals surface area contributed by atoms with Crippen LogP contribution in [0.2, 0.25) is 0 Å². The summed E-state index contributed by atoms with van der Waals surface area (Å²) in [4.78, 5) is 0. The van der Waals surface area contributed by atoms with Gasteiger partial charge in [-0.2, -0.15) is 10.2 Å². The second-order valence-electron chi connectivity index (χ2n) is 5.55. The summed E-state index contributed by atoms with van der Waals surface area (Å²) in [6.07, 6.45) is 7.89. The van der Waals surface area contributed by atoms with Crippen LogP contribution in [0.3, 0.4) is 0 Å². The smallest absolute Gasteiger partial charge is 0.0649 e. The lowest BCUT2D eigenvalue weighted by atomic mass is 10.1. The molecule has 5 heteroatoms. The summed E-state index contributed by atoms with van der Waals surface area (Å²) < 4.78 is 5.62. The number of hydrogen-bond acceptors (Lipinski definition) is 2. The first-order chi connectivity index (χ1) is 10.4. The second-order valence-corrected chi connectivity index (χ2v) is 5.55. The predicted octanol–water partition coefficient (Wildman–Crippen LogP) is 4.57. The van der Waals surface area contributed by atoms with Crippen LogP contribution in [-0.2, 0) is 21.1 Å². The van der Waals surface area contributed by atoms with Gasteiger partial charge >= 0.3 is 0 Å².